The third-order valence-electron chi connectivity index (χ3n) is 3.94. The fourth-order valence-corrected chi connectivity index (χ4v) is 3.66. The molecule has 124 valence electrons. The maximum atomic E-state index is 12.4. The fourth-order valence-electron chi connectivity index (χ4n) is 2.63. The van der Waals surface area contributed by atoms with Crippen molar-refractivity contribution in [2.24, 2.45) is 0 Å². The van der Waals surface area contributed by atoms with Crippen LogP contribution in [-0.4, -0.2) is 30.9 Å². The zero-order valence-corrected chi connectivity index (χ0v) is 13.9. The van der Waals surface area contributed by atoms with Crippen LogP contribution in [0.4, 0.5) is 5.69 Å². The predicted molar refractivity (Wildman–Crippen MR) is 87.8 cm³/mol. The van der Waals surface area contributed by atoms with Gasteiger partial charge in [0.2, 0.25) is 0 Å². The molecular formula is C16H21N3O3S. The lowest BCUT2D eigenvalue weighted by atomic mass is 10.2. The summed E-state index contributed by atoms with van der Waals surface area (Å²) in [5.74, 6) is 0. The molecule has 2 aromatic rings. The molecule has 1 aliphatic heterocycles. The highest BCUT2D eigenvalue weighted by atomic mass is 32.2. The van der Waals surface area contributed by atoms with Crippen LogP contribution < -0.4 is 4.72 Å². The molecule has 6 nitrogen and oxygen atoms in total. The average Bonchev–Trinajstić information content (AvgIpc) is 3.20. The largest absolute Gasteiger partial charge is 0.376 e. The summed E-state index contributed by atoms with van der Waals surface area (Å²) in [6.07, 6.45) is 6.35. The molecule has 0 bridgehead atoms. The normalized spacial score (nSPS) is 18.2. The van der Waals surface area contributed by atoms with Crippen molar-refractivity contribution in [3.8, 4) is 0 Å². The van der Waals surface area contributed by atoms with Gasteiger partial charge in [0.15, 0.2) is 0 Å². The van der Waals surface area contributed by atoms with Gasteiger partial charge in [-0.25, -0.2) is 8.42 Å². The second-order valence-electron chi connectivity index (χ2n) is 5.69. The Morgan fingerprint density at radius 3 is 2.78 bits per heavy atom. The molecule has 0 saturated carbocycles. The molecule has 1 aromatic carbocycles. The number of aromatic nitrogens is 2. The van der Waals surface area contributed by atoms with E-state index >= 15 is 0 Å². The Kier molecular flexibility index (Phi) is 4.68. The van der Waals surface area contributed by atoms with Crippen LogP contribution in [0, 0.1) is 0 Å². The molecule has 1 aromatic heterocycles. The molecule has 1 aliphatic rings. The second-order valence-corrected chi connectivity index (χ2v) is 7.37. The van der Waals surface area contributed by atoms with E-state index in [1.165, 1.54) is 6.20 Å². The van der Waals surface area contributed by atoms with Crippen molar-refractivity contribution in [3.05, 3.63) is 42.2 Å². The Bertz CT molecular complexity index is 747. The number of hydrogen-bond acceptors (Lipinski definition) is 4. The summed E-state index contributed by atoms with van der Waals surface area (Å²) in [6, 6.07) is 6.90. The van der Waals surface area contributed by atoms with Crippen LogP contribution in [-0.2, 0) is 27.7 Å². The van der Waals surface area contributed by atoms with Gasteiger partial charge in [-0.05, 0) is 37.0 Å². The van der Waals surface area contributed by atoms with Gasteiger partial charge in [0.1, 0.15) is 0 Å². The van der Waals surface area contributed by atoms with E-state index in [4.69, 9.17) is 4.74 Å². The van der Waals surface area contributed by atoms with Crippen LogP contribution in [0.5, 0.6) is 0 Å². The van der Waals surface area contributed by atoms with Crippen LogP contribution in [0.3, 0.4) is 0 Å². The molecule has 7 heteroatoms. The van der Waals surface area contributed by atoms with Crippen molar-refractivity contribution in [1.29, 1.82) is 0 Å². The van der Waals surface area contributed by atoms with Crippen LogP contribution in [0.25, 0.3) is 0 Å². The molecule has 1 N–H and O–H groups in total. The van der Waals surface area contributed by atoms with Crippen LogP contribution >= 0.6 is 0 Å². The monoisotopic (exact) mass is 335 g/mol. The molecule has 2 heterocycles. The quantitative estimate of drug-likeness (QED) is 0.880. The highest BCUT2D eigenvalue weighted by molar-refractivity contribution is 7.92. The topological polar surface area (TPSA) is 73.2 Å². The maximum Gasteiger partial charge on any atom is 0.261 e. The van der Waals surface area contributed by atoms with E-state index < -0.39 is 10.0 Å². The third-order valence-corrected chi connectivity index (χ3v) is 5.34. The zero-order valence-electron chi connectivity index (χ0n) is 13.1. The van der Waals surface area contributed by atoms with Crippen molar-refractivity contribution in [2.45, 2.75) is 43.7 Å². The highest BCUT2D eigenvalue weighted by Gasteiger charge is 2.18. The third kappa shape index (κ3) is 3.92. The van der Waals surface area contributed by atoms with E-state index in [1.54, 1.807) is 23.0 Å². The van der Waals surface area contributed by atoms with Crippen LogP contribution in [0.15, 0.2) is 41.6 Å². The fraction of sp³-hybridized carbons (Fsp3) is 0.438. The number of aryl methyl sites for hydroxylation is 1. The summed E-state index contributed by atoms with van der Waals surface area (Å²) >= 11 is 0. The molecular weight excluding hydrogens is 314 g/mol. The smallest absolute Gasteiger partial charge is 0.261 e. The lowest BCUT2D eigenvalue weighted by molar-refractivity contribution is 0.0940. The summed E-state index contributed by atoms with van der Waals surface area (Å²) in [6.45, 7) is 3.47. The first kappa shape index (κ1) is 16.0. The minimum Gasteiger partial charge on any atom is -0.376 e. The second kappa shape index (κ2) is 6.72. The molecule has 23 heavy (non-hydrogen) atoms. The molecule has 0 spiro atoms. The van der Waals surface area contributed by atoms with E-state index in [1.807, 2.05) is 19.1 Å². The number of ether oxygens (including phenoxy) is 1. The van der Waals surface area contributed by atoms with Crippen LogP contribution in [0.2, 0.25) is 0 Å². The van der Waals surface area contributed by atoms with Gasteiger partial charge in [-0.1, -0.05) is 19.1 Å². The lowest BCUT2D eigenvalue weighted by Crippen LogP contribution is -2.15. The molecule has 0 aliphatic carbocycles. The van der Waals surface area contributed by atoms with Gasteiger partial charge in [0.25, 0.3) is 10.0 Å². The number of anilines is 1. The van der Waals surface area contributed by atoms with Gasteiger partial charge in [0.05, 0.1) is 29.4 Å². The first-order valence-corrected chi connectivity index (χ1v) is 9.31. The number of benzene rings is 1. The van der Waals surface area contributed by atoms with Gasteiger partial charge in [-0.15, -0.1) is 0 Å². The van der Waals surface area contributed by atoms with E-state index in [0.717, 1.165) is 31.4 Å². The maximum absolute atomic E-state index is 12.4. The Morgan fingerprint density at radius 2 is 2.13 bits per heavy atom. The first-order valence-electron chi connectivity index (χ1n) is 7.82. The Hall–Kier alpha value is -1.86. The molecule has 0 amide bonds. The van der Waals surface area contributed by atoms with E-state index in [2.05, 4.69) is 9.82 Å². The number of sulfonamides is 1. The van der Waals surface area contributed by atoms with E-state index in [0.29, 0.717) is 12.2 Å². The molecule has 1 unspecified atom stereocenters. The van der Waals surface area contributed by atoms with Crippen molar-refractivity contribution < 1.29 is 13.2 Å². The van der Waals surface area contributed by atoms with E-state index in [-0.39, 0.29) is 11.0 Å². The average molecular weight is 335 g/mol. The number of nitrogens with zero attached hydrogens (tertiary/aromatic N) is 2. The molecule has 0 radical (unpaired) electrons. The lowest BCUT2D eigenvalue weighted by Gasteiger charge is -2.09. The van der Waals surface area contributed by atoms with Gasteiger partial charge in [-0.2, -0.15) is 5.10 Å². The van der Waals surface area contributed by atoms with Gasteiger partial charge >= 0.3 is 0 Å². The predicted octanol–water partition coefficient (Wildman–Crippen LogP) is 2.43. The van der Waals surface area contributed by atoms with Gasteiger partial charge in [-0.3, -0.25) is 9.40 Å². The van der Waals surface area contributed by atoms with Gasteiger partial charge in [0, 0.05) is 12.8 Å². The Morgan fingerprint density at radius 1 is 1.35 bits per heavy atom. The van der Waals surface area contributed by atoms with Gasteiger partial charge < -0.3 is 4.74 Å². The Labute approximate surface area is 136 Å². The number of hydrogen-bond donors (Lipinski definition) is 1. The van der Waals surface area contributed by atoms with Crippen molar-refractivity contribution >= 4 is 15.7 Å². The standard InChI is InChI=1S/C16H21N3O3S/c1-2-13-5-7-16(8-6-13)23(20,21)18-14-10-17-19(11-14)12-15-4-3-9-22-15/h5-8,10-11,15,18H,2-4,9,12H2,1H3. The summed E-state index contributed by atoms with van der Waals surface area (Å²) < 4.78 is 34.6. The highest BCUT2D eigenvalue weighted by Crippen LogP contribution is 2.18. The summed E-state index contributed by atoms with van der Waals surface area (Å²) in [4.78, 5) is 0.251. The molecule has 3 rings (SSSR count). The number of nitrogens with one attached hydrogen (secondary N) is 1. The Balaban J connectivity index is 1.68. The zero-order chi connectivity index (χ0) is 16.3. The minimum atomic E-state index is -3.59. The molecule has 1 fully saturated rings. The first-order chi connectivity index (χ1) is 11.1. The number of rotatable bonds is 6. The van der Waals surface area contributed by atoms with Crippen molar-refractivity contribution in [2.75, 3.05) is 11.3 Å². The van der Waals surface area contributed by atoms with E-state index in [9.17, 15) is 8.42 Å². The van der Waals surface area contributed by atoms with Crippen molar-refractivity contribution in [3.63, 3.8) is 0 Å². The summed E-state index contributed by atoms with van der Waals surface area (Å²) in [7, 11) is -3.59. The summed E-state index contributed by atoms with van der Waals surface area (Å²) in [5, 5.41) is 4.19. The molecule has 1 atom stereocenters. The summed E-state index contributed by atoms with van der Waals surface area (Å²) in [5.41, 5.74) is 1.57. The SMILES string of the molecule is CCc1ccc(S(=O)(=O)Nc2cnn(CC3CCCO3)c2)cc1. The van der Waals surface area contributed by atoms with Crippen molar-refractivity contribution in [1.82, 2.24) is 9.78 Å². The van der Waals surface area contributed by atoms with Crippen LogP contribution in [0.1, 0.15) is 25.3 Å². The minimum absolute atomic E-state index is 0.168. The molecule has 1 saturated heterocycles.